The number of carbonyl (C=O) groups is 1. The van der Waals surface area contributed by atoms with E-state index in [2.05, 4.69) is 43.0 Å². The molecule has 3 aromatic rings. The number of hydrogen-bond acceptors (Lipinski definition) is 4. The molecule has 0 radical (unpaired) electrons. The standard InChI is InChI=1S/C25H29N3O2/c1-18(2)24-16-22(21-6-4-5-7-23(21)26-24)25(29)27(3)17-19-8-10-20(11-9-19)28-12-14-30-15-13-28/h4-11,16,18H,12-15,17H2,1-3H3. The number of rotatable bonds is 5. The number of hydrogen-bond donors (Lipinski definition) is 0. The van der Waals surface area contributed by atoms with E-state index in [1.807, 2.05) is 37.4 Å². The molecule has 1 fully saturated rings. The van der Waals surface area contributed by atoms with Crippen LogP contribution in [0.25, 0.3) is 10.9 Å². The Labute approximate surface area is 178 Å². The number of nitrogens with zero attached hydrogens (tertiary/aromatic N) is 3. The minimum absolute atomic E-state index is 0.0211. The van der Waals surface area contributed by atoms with Crippen molar-refractivity contribution in [3.05, 3.63) is 71.4 Å². The lowest BCUT2D eigenvalue weighted by Gasteiger charge is -2.29. The van der Waals surface area contributed by atoms with Gasteiger partial charge in [-0.1, -0.05) is 44.2 Å². The first-order valence-corrected chi connectivity index (χ1v) is 10.6. The largest absolute Gasteiger partial charge is 0.378 e. The molecule has 1 aromatic heterocycles. The van der Waals surface area contributed by atoms with E-state index in [1.165, 1.54) is 5.69 Å². The summed E-state index contributed by atoms with van der Waals surface area (Å²) in [5, 5.41) is 0.904. The highest BCUT2D eigenvalue weighted by Crippen LogP contribution is 2.24. The Balaban J connectivity index is 1.54. The summed E-state index contributed by atoms with van der Waals surface area (Å²) in [6.07, 6.45) is 0. The number of carbonyl (C=O) groups excluding carboxylic acids is 1. The Bertz CT molecular complexity index is 1020. The maximum atomic E-state index is 13.3. The van der Waals surface area contributed by atoms with E-state index in [1.54, 1.807) is 4.90 Å². The summed E-state index contributed by atoms with van der Waals surface area (Å²) in [7, 11) is 1.86. The quantitative estimate of drug-likeness (QED) is 0.631. The van der Waals surface area contributed by atoms with Crippen molar-refractivity contribution in [3.8, 4) is 0 Å². The molecule has 2 aromatic carbocycles. The summed E-state index contributed by atoms with van der Waals surface area (Å²) in [6, 6.07) is 18.3. The number of benzene rings is 2. The molecule has 5 nitrogen and oxygen atoms in total. The van der Waals surface area contributed by atoms with Gasteiger partial charge in [-0.05, 0) is 35.7 Å². The minimum atomic E-state index is 0.0211. The maximum Gasteiger partial charge on any atom is 0.254 e. The molecule has 30 heavy (non-hydrogen) atoms. The molecule has 0 unspecified atom stereocenters. The number of morpholine rings is 1. The Morgan fingerprint density at radius 1 is 1.10 bits per heavy atom. The van der Waals surface area contributed by atoms with Crippen molar-refractivity contribution in [2.45, 2.75) is 26.3 Å². The van der Waals surface area contributed by atoms with Gasteiger partial charge in [0.05, 0.1) is 24.3 Å². The minimum Gasteiger partial charge on any atom is -0.378 e. The third kappa shape index (κ3) is 4.31. The van der Waals surface area contributed by atoms with Gasteiger partial charge in [0.1, 0.15) is 0 Å². The Kier molecular flexibility index (Phi) is 6.00. The van der Waals surface area contributed by atoms with E-state index in [9.17, 15) is 4.79 Å². The van der Waals surface area contributed by atoms with E-state index in [0.29, 0.717) is 6.54 Å². The zero-order valence-corrected chi connectivity index (χ0v) is 18.0. The molecule has 0 bridgehead atoms. The smallest absolute Gasteiger partial charge is 0.254 e. The first kappa shape index (κ1) is 20.4. The number of para-hydroxylation sites is 1. The first-order valence-electron chi connectivity index (χ1n) is 10.6. The van der Waals surface area contributed by atoms with Crippen LogP contribution in [-0.2, 0) is 11.3 Å². The van der Waals surface area contributed by atoms with Crippen LogP contribution in [0.3, 0.4) is 0 Å². The fourth-order valence-electron chi connectivity index (χ4n) is 3.85. The van der Waals surface area contributed by atoms with Crippen molar-refractivity contribution in [2.75, 3.05) is 38.3 Å². The van der Waals surface area contributed by atoms with Crippen LogP contribution in [-0.4, -0.2) is 49.1 Å². The van der Waals surface area contributed by atoms with Crippen LogP contribution in [0.4, 0.5) is 5.69 Å². The second-order valence-corrected chi connectivity index (χ2v) is 8.19. The molecule has 5 heteroatoms. The van der Waals surface area contributed by atoms with Crippen LogP contribution in [0.2, 0.25) is 0 Å². The second-order valence-electron chi connectivity index (χ2n) is 8.19. The van der Waals surface area contributed by atoms with Gasteiger partial charge in [-0.2, -0.15) is 0 Å². The van der Waals surface area contributed by atoms with Crippen molar-refractivity contribution in [1.82, 2.24) is 9.88 Å². The lowest BCUT2D eigenvalue weighted by Crippen LogP contribution is -2.36. The number of anilines is 1. The average molecular weight is 404 g/mol. The summed E-state index contributed by atoms with van der Waals surface area (Å²) in [5.41, 5.74) is 4.86. The highest BCUT2D eigenvalue weighted by atomic mass is 16.5. The fraction of sp³-hybridized carbons (Fsp3) is 0.360. The summed E-state index contributed by atoms with van der Waals surface area (Å²) >= 11 is 0. The molecule has 4 rings (SSSR count). The van der Waals surface area contributed by atoms with E-state index in [-0.39, 0.29) is 11.8 Å². The van der Waals surface area contributed by atoms with Gasteiger partial charge < -0.3 is 14.5 Å². The van der Waals surface area contributed by atoms with Gasteiger partial charge in [-0.25, -0.2) is 0 Å². The summed E-state index contributed by atoms with van der Waals surface area (Å²) in [4.78, 5) is 22.2. The Morgan fingerprint density at radius 2 is 1.80 bits per heavy atom. The van der Waals surface area contributed by atoms with E-state index in [4.69, 9.17) is 9.72 Å². The van der Waals surface area contributed by atoms with Crippen LogP contribution in [0, 0.1) is 0 Å². The van der Waals surface area contributed by atoms with Crippen molar-refractivity contribution in [1.29, 1.82) is 0 Å². The van der Waals surface area contributed by atoms with Crippen molar-refractivity contribution in [2.24, 2.45) is 0 Å². The molecule has 1 aliphatic heterocycles. The molecule has 156 valence electrons. The van der Waals surface area contributed by atoms with Crippen LogP contribution in [0.1, 0.15) is 41.4 Å². The highest BCUT2D eigenvalue weighted by Gasteiger charge is 2.18. The fourth-order valence-corrected chi connectivity index (χ4v) is 3.85. The number of ether oxygens (including phenoxy) is 1. The molecular formula is C25H29N3O2. The monoisotopic (exact) mass is 403 g/mol. The number of fused-ring (bicyclic) bond motifs is 1. The molecule has 0 spiro atoms. The van der Waals surface area contributed by atoms with Gasteiger partial charge in [-0.15, -0.1) is 0 Å². The van der Waals surface area contributed by atoms with Crippen LogP contribution >= 0.6 is 0 Å². The second kappa shape index (κ2) is 8.84. The molecular weight excluding hydrogens is 374 g/mol. The third-order valence-corrected chi connectivity index (χ3v) is 5.64. The summed E-state index contributed by atoms with van der Waals surface area (Å²) in [6.45, 7) is 8.16. The van der Waals surface area contributed by atoms with Crippen LogP contribution in [0.15, 0.2) is 54.6 Å². The maximum absolute atomic E-state index is 13.3. The van der Waals surface area contributed by atoms with Gasteiger partial charge in [-0.3, -0.25) is 9.78 Å². The molecule has 0 atom stereocenters. The van der Waals surface area contributed by atoms with Gasteiger partial charge in [0.15, 0.2) is 0 Å². The van der Waals surface area contributed by atoms with Gasteiger partial charge >= 0.3 is 0 Å². The highest BCUT2D eigenvalue weighted by molar-refractivity contribution is 6.06. The first-order chi connectivity index (χ1) is 14.5. The van der Waals surface area contributed by atoms with Crippen molar-refractivity contribution in [3.63, 3.8) is 0 Å². The normalized spacial score (nSPS) is 14.3. The molecule has 0 N–H and O–H groups in total. The molecule has 0 saturated carbocycles. The lowest BCUT2D eigenvalue weighted by atomic mass is 10.0. The van der Waals surface area contributed by atoms with Crippen molar-refractivity contribution >= 4 is 22.5 Å². The van der Waals surface area contributed by atoms with Crippen LogP contribution < -0.4 is 4.90 Å². The van der Waals surface area contributed by atoms with Gasteiger partial charge in [0, 0.05) is 43.4 Å². The number of pyridine rings is 1. The van der Waals surface area contributed by atoms with E-state index < -0.39 is 0 Å². The molecule has 1 aliphatic rings. The third-order valence-electron chi connectivity index (χ3n) is 5.64. The predicted octanol–water partition coefficient (Wildman–Crippen LogP) is 4.47. The zero-order valence-electron chi connectivity index (χ0n) is 18.0. The summed E-state index contributed by atoms with van der Waals surface area (Å²) < 4.78 is 5.43. The number of amides is 1. The van der Waals surface area contributed by atoms with Crippen LogP contribution in [0.5, 0.6) is 0 Å². The lowest BCUT2D eigenvalue weighted by molar-refractivity contribution is 0.0787. The zero-order chi connectivity index (χ0) is 21.1. The average Bonchev–Trinajstić information content (AvgIpc) is 2.78. The molecule has 1 saturated heterocycles. The van der Waals surface area contributed by atoms with E-state index >= 15 is 0 Å². The molecule has 1 amide bonds. The Hall–Kier alpha value is -2.92. The SMILES string of the molecule is CC(C)c1cc(C(=O)N(C)Cc2ccc(N3CCOCC3)cc2)c2ccccc2n1. The van der Waals surface area contributed by atoms with Gasteiger partial charge in [0.25, 0.3) is 5.91 Å². The summed E-state index contributed by atoms with van der Waals surface area (Å²) in [5.74, 6) is 0.284. The molecule has 2 heterocycles. The Morgan fingerprint density at radius 3 is 2.50 bits per heavy atom. The topological polar surface area (TPSA) is 45.7 Å². The predicted molar refractivity (Wildman–Crippen MR) is 121 cm³/mol. The number of aromatic nitrogens is 1. The van der Waals surface area contributed by atoms with Gasteiger partial charge in [0.2, 0.25) is 0 Å². The van der Waals surface area contributed by atoms with E-state index in [0.717, 1.165) is 54.0 Å². The molecule has 0 aliphatic carbocycles. The van der Waals surface area contributed by atoms with Crippen molar-refractivity contribution < 1.29 is 9.53 Å².